The Morgan fingerprint density at radius 3 is 2.94 bits per heavy atom. The van der Waals surface area contributed by atoms with Gasteiger partial charge in [0.15, 0.2) is 0 Å². The standard InChI is InChI=1S/C11H20N4O/c1-8(2)15-9(3)13-14-11(15)6-10-7-12-4-5-16-10/h8,10,12H,4-7H2,1-3H3. The van der Waals surface area contributed by atoms with E-state index in [-0.39, 0.29) is 6.10 Å². The fraction of sp³-hybridized carbons (Fsp3) is 0.818. The Morgan fingerprint density at radius 2 is 2.31 bits per heavy atom. The summed E-state index contributed by atoms with van der Waals surface area (Å²) in [5, 5.41) is 11.7. The second-order valence-corrected chi connectivity index (χ2v) is 4.53. The Morgan fingerprint density at radius 1 is 1.50 bits per heavy atom. The van der Waals surface area contributed by atoms with E-state index >= 15 is 0 Å². The van der Waals surface area contributed by atoms with Crippen molar-refractivity contribution >= 4 is 0 Å². The summed E-state index contributed by atoms with van der Waals surface area (Å²) >= 11 is 0. The number of aromatic nitrogens is 3. The highest BCUT2D eigenvalue weighted by Crippen LogP contribution is 2.13. The average Bonchev–Trinajstić information content (AvgIpc) is 2.61. The van der Waals surface area contributed by atoms with Crippen LogP contribution in [0.25, 0.3) is 0 Å². The average molecular weight is 224 g/mol. The van der Waals surface area contributed by atoms with Crippen molar-refractivity contribution in [3.8, 4) is 0 Å². The molecule has 1 atom stereocenters. The molecule has 0 spiro atoms. The van der Waals surface area contributed by atoms with Crippen LogP contribution >= 0.6 is 0 Å². The van der Waals surface area contributed by atoms with Crippen molar-refractivity contribution in [2.75, 3.05) is 19.7 Å². The molecule has 5 nitrogen and oxygen atoms in total. The van der Waals surface area contributed by atoms with Crippen LogP contribution in [0, 0.1) is 6.92 Å². The van der Waals surface area contributed by atoms with Gasteiger partial charge in [0.2, 0.25) is 0 Å². The molecule has 5 heteroatoms. The van der Waals surface area contributed by atoms with E-state index in [4.69, 9.17) is 4.74 Å². The Labute approximate surface area is 96.2 Å². The normalized spacial score (nSPS) is 21.6. The van der Waals surface area contributed by atoms with Crippen LogP contribution in [0.4, 0.5) is 0 Å². The molecule has 16 heavy (non-hydrogen) atoms. The first-order valence-electron chi connectivity index (χ1n) is 5.91. The van der Waals surface area contributed by atoms with Crippen molar-refractivity contribution in [2.45, 2.75) is 39.3 Å². The zero-order valence-electron chi connectivity index (χ0n) is 10.2. The lowest BCUT2D eigenvalue weighted by molar-refractivity contribution is 0.0273. The molecule has 1 unspecified atom stereocenters. The Balaban J connectivity index is 2.08. The fourth-order valence-electron chi connectivity index (χ4n) is 2.18. The summed E-state index contributed by atoms with van der Waals surface area (Å²) in [7, 11) is 0. The van der Waals surface area contributed by atoms with E-state index in [0.29, 0.717) is 6.04 Å². The Bertz CT molecular complexity index is 342. The Hall–Kier alpha value is -0.940. The molecule has 1 aliphatic rings. The summed E-state index contributed by atoms with van der Waals surface area (Å²) in [6.45, 7) is 8.95. The van der Waals surface area contributed by atoms with Gasteiger partial charge >= 0.3 is 0 Å². The van der Waals surface area contributed by atoms with Gasteiger partial charge < -0.3 is 14.6 Å². The minimum Gasteiger partial charge on any atom is -0.375 e. The minimum absolute atomic E-state index is 0.231. The zero-order valence-corrected chi connectivity index (χ0v) is 10.2. The number of nitrogens with one attached hydrogen (secondary N) is 1. The van der Waals surface area contributed by atoms with Crippen molar-refractivity contribution in [3.63, 3.8) is 0 Å². The van der Waals surface area contributed by atoms with E-state index in [1.165, 1.54) is 0 Å². The maximum atomic E-state index is 5.68. The largest absolute Gasteiger partial charge is 0.375 e. The highest BCUT2D eigenvalue weighted by Gasteiger charge is 2.19. The van der Waals surface area contributed by atoms with Crippen LogP contribution in [0.5, 0.6) is 0 Å². The van der Waals surface area contributed by atoms with Gasteiger partial charge in [0, 0.05) is 25.6 Å². The molecule has 0 saturated carbocycles. The third-order valence-corrected chi connectivity index (χ3v) is 2.87. The van der Waals surface area contributed by atoms with Crippen LogP contribution in [-0.4, -0.2) is 40.6 Å². The van der Waals surface area contributed by atoms with E-state index in [1.807, 2.05) is 6.92 Å². The number of ether oxygens (including phenoxy) is 1. The van der Waals surface area contributed by atoms with Gasteiger partial charge in [0.1, 0.15) is 11.6 Å². The molecule has 1 N–H and O–H groups in total. The van der Waals surface area contributed by atoms with Crippen LogP contribution in [0.1, 0.15) is 31.5 Å². The van der Waals surface area contributed by atoms with Gasteiger partial charge in [-0.05, 0) is 20.8 Å². The smallest absolute Gasteiger partial charge is 0.135 e. The van der Waals surface area contributed by atoms with E-state index in [0.717, 1.165) is 37.8 Å². The predicted molar refractivity (Wildman–Crippen MR) is 61.5 cm³/mol. The van der Waals surface area contributed by atoms with Crippen molar-refractivity contribution in [2.24, 2.45) is 0 Å². The highest BCUT2D eigenvalue weighted by molar-refractivity contribution is 4.98. The van der Waals surface area contributed by atoms with Gasteiger partial charge in [0.05, 0.1) is 12.7 Å². The molecule has 2 heterocycles. The summed E-state index contributed by atoms with van der Waals surface area (Å²) in [6, 6.07) is 0.404. The van der Waals surface area contributed by atoms with Crippen LogP contribution in [0.3, 0.4) is 0 Å². The lowest BCUT2D eigenvalue weighted by Gasteiger charge is -2.24. The lowest BCUT2D eigenvalue weighted by Crippen LogP contribution is -2.40. The quantitative estimate of drug-likeness (QED) is 0.821. The van der Waals surface area contributed by atoms with Crippen molar-refractivity contribution < 1.29 is 4.74 Å². The molecule has 90 valence electrons. The van der Waals surface area contributed by atoms with Gasteiger partial charge in [-0.3, -0.25) is 0 Å². The Kier molecular flexibility index (Phi) is 3.56. The SMILES string of the molecule is Cc1nnc(CC2CNCCO2)n1C(C)C. The monoisotopic (exact) mass is 224 g/mol. The molecule has 1 aromatic rings. The number of morpholine rings is 1. The molecule has 0 amide bonds. The first-order valence-corrected chi connectivity index (χ1v) is 5.91. The first kappa shape index (κ1) is 11.5. The zero-order chi connectivity index (χ0) is 11.5. The molecule has 1 saturated heterocycles. The molecule has 1 aliphatic heterocycles. The molecule has 0 radical (unpaired) electrons. The molecule has 0 aliphatic carbocycles. The van der Waals surface area contributed by atoms with Crippen molar-refractivity contribution in [1.29, 1.82) is 0 Å². The van der Waals surface area contributed by atoms with Crippen molar-refractivity contribution in [3.05, 3.63) is 11.6 Å². The van der Waals surface area contributed by atoms with Crippen LogP contribution < -0.4 is 5.32 Å². The second kappa shape index (κ2) is 4.93. The topological polar surface area (TPSA) is 52.0 Å². The highest BCUT2D eigenvalue weighted by atomic mass is 16.5. The number of aryl methyl sites for hydroxylation is 1. The number of rotatable bonds is 3. The van der Waals surface area contributed by atoms with Gasteiger partial charge in [-0.1, -0.05) is 0 Å². The molecule has 0 bridgehead atoms. The van der Waals surface area contributed by atoms with Gasteiger partial charge in [-0.2, -0.15) is 0 Å². The third-order valence-electron chi connectivity index (χ3n) is 2.87. The maximum Gasteiger partial charge on any atom is 0.135 e. The summed E-state index contributed by atoms with van der Waals surface area (Å²) < 4.78 is 7.86. The molecular formula is C11H20N4O. The molecule has 1 aromatic heterocycles. The van der Waals surface area contributed by atoms with Crippen LogP contribution in [0.2, 0.25) is 0 Å². The summed E-state index contributed by atoms with van der Waals surface area (Å²) in [6.07, 6.45) is 1.07. The number of hydrogen-bond donors (Lipinski definition) is 1. The van der Waals surface area contributed by atoms with Gasteiger partial charge in [0.25, 0.3) is 0 Å². The third kappa shape index (κ3) is 2.41. The second-order valence-electron chi connectivity index (χ2n) is 4.53. The summed E-state index contributed by atoms with van der Waals surface area (Å²) in [5.41, 5.74) is 0. The summed E-state index contributed by atoms with van der Waals surface area (Å²) in [4.78, 5) is 0. The first-order chi connectivity index (χ1) is 7.68. The lowest BCUT2D eigenvalue weighted by atomic mass is 10.2. The minimum atomic E-state index is 0.231. The fourth-order valence-corrected chi connectivity index (χ4v) is 2.18. The molecule has 2 rings (SSSR count). The van der Waals surface area contributed by atoms with Gasteiger partial charge in [-0.15, -0.1) is 10.2 Å². The number of hydrogen-bond acceptors (Lipinski definition) is 4. The molecule has 1 fully saturated rings. The predicted octanol–water partition coefficient (Wildman–Crippen LogP) is 0.698. The van der Waals surface area contributed by atoms with E-state index < -0.39 is 0 Å². The van der Waals surface area contributed by atoms with E-state index in [9.17, 15) is 0 Å². The van der Waals surface area contributed by atoms with Crippen LogP contribution in [-0.2, 0) is 11.2 Å². The number of nitrogens with zero attached hydrogens (tertiary/aromatic N) is 3. The van der Waals surface area contributed by atoms with Crippen LogP contribution in [0.15, 0.2) is 0 Å². The van der Waals surface area contributed by atoms with Gasteiger partial charge in [-0.25, -0.2) is 0 Å². The summed E-state index contributed by atoms with van der Waals surface area (Å²) in [5.74, 6) is 2.01. The molecule has 0 aromatic carbocycles. The maximum absolute atomic E-state index is 5.68. The van der Waals surface area contributed by atoms with E-state index in [2.05, 4.69) is 33.9 Å². The van der Waals surface area contributed by atoms with Crippen molar-refractivity contribution in [1.82, 2.24) is 20.1 Å². The van der Waals surface area contributed by atoms with E-state index in [1.54, 1.807) is 0 Å². The molecular weight excluding hydrogens is 204 g/mol.